The molecule has 0 aromatic heterocycles. The zero-order valence-corrected chi connectivity index (χ0v) is 12.2. The van der Waals surface area contributed by atoms with Crippen molar-refractivity contribution in [2.24, 2.45) is 5.73 Å². The average Bonchev–Trinajstić information content (AvgIpc) is 2.97. The van der Waals surface area contributed by atoms with Crippen LogP contribution in [0.3, 0.4) is 0 Å². The highest BCUT2D eigenvalue weighted by Crippen LogP contribution is 2.33. The van der Waals surface area contributed by atoms with Crippen LogP contribution in [0.15, 0.2) is 23.9 Å². The molecule has 1 aromatic rings. The van der Waals surface area contributed by atoms with Crippen molar-refractivity contribution >= 4 is 5.69 Å². The Kier molecular flexibility index (Phi) is 4.28. The molecular weight excluding hydrogens is 260 g/mol. The Bertz CT molecular complexity index is 505. The van der Waals surface area contributed by atoms with Crippen LogP contribution in [-0.4, -0.2) is 38.1 Å². The Morgan fingerprint density at radius 2 is 1.95 bits per heavy atom. The summed E-state index contributed by atoms with van der Waals surface area (Å²) >= 11 is 0. The number of halogens is 2. The Balaban J connectivity index is 2.16. The molecule has 0 bridgehead atoms. The third-order valence-corrected chi connectivity index (χ3v) is 3.78. The molecule has 1 aliphatic heterocycles. The summed E-state index contributed by atoms with van der Waals surface area (Å²) in [6.07, 6.45) is 2.50. The third-order valence-electron chi connectivity index (χ3n) is 3.78. The second-order valence-electron chi connectivity index (χ2n) is 5.17. The van der Waals surface area contributed by atoms with Crippen LogP contribution < -0.4 is 10.6 Å². The topological polar surface area (TPSA) is 32.3 Å². The molecule has 1 aliphatic rings. The monoisotopic (exact) mass is 281 g/mol. The van der Waals surface area contributed by atoms with Crippen LogP contribution in [0, 0.1) is 11.6 Å². The molecule has 0 saturated carbocycles. The average molecular weight is 281 g/mol. The summed E-state index contributed by atoms with van der Waals surface area (Å²) in [5.74, 6) is -1.05. The molecule has 20 heavy (non-hydrogen) atoms. The van der Waals surface area contributed by atoms with Crippen molar-refractivity contribution in [2.75, 3.05) is 32.1 Å². The normalized spacial score (nSPS) is 19.6. The fourth-order valence-electron chi connectivity index (χ4n) is 2.62. The van der Waals surface area contributed by atoms with E-state index >= 15 is 0 Å². The summed E-state index contributed by atoms with van der Waals surface area (Å²) in [5.41, 5.74) is 7.24. The van der Waals surface area contributed by atoms with E-state index in [-0.39, 0.29) is 11.7 Å². The number of likely N-dealkylation sites (N-methyl/N-ethyl adjacent to an activating group) is 2. The van der Waals surface area contributed by atoms with Crippen molar-refractivity contribution in [2.45, 2.75) is 19.4 Å². The van der Waals surface area contributed by atoms with Crippen LogP contribution in [0.4, 0.5) is 14.5 Å². The lowest BCUT2D eigenvalue weighted by atomic mass is 10.1. The first-order valence-electron chi connectivity index (χ1n) is 6.77. The lowest BCUT2D eigenvalue weighted by molar-refractivity contribution is 0.563. The number of rotatable bonds is 5. The fraction of sp³-hybridized carbons (Fsp3) is 0.467. The standard InChI is InChI=1S/C15H21F2N3/c1-4-13-14(20(13)3)9-19(2)15-11(16)7-10(5-6-18)8-12(15)17/h4,7-8,14H,5-6,9,18H2,1-3H3/b13-4+. The zero-order chi connectivity index (χ0) is 14.9. The maximum atomic E-state index is 14.1. The predicted octanol–water partition coefficient (Wildman–Crippen LogP) is 2.12. The Morgan fingerprint density at radius 3 is 2.40 bits per heavy atom. The lowest BCUT2D eigenvalue weighted by Crippen LogP contribution is -2.26. The molecule has 110 valence electrons. The van der Waals surface area contributed by atoms with Gasteiger partial charge >= 0.3 is 0 Å². The second kappa shape index (κ2) is 5.79. The second-order valence-corrected chi connectivity index (χ2v) is 5.17. The SMILES string of the molecule is C/C=C1\C(CN(C)c2c(F)cc(CCN)cc2F)N1C. The number of nitrogens with two attached hydrogens (primary N) is 1. The Labute approximate surface area is 118 Å². The number of hydrogen-bond donors (Lipinski definition) is 1. The molecule has 0 spiro atoms. The predicted molar refractivity (Wildman–Crippen MR) is 77.7 cm³/mol. The van der Waals surface area contributed by atoms with E-state index in [4.69, 9.17) is 5.73 Å². The summed E-state index contributed by atoms with van der Waals surface area (Å²) in [6.45, 7) is 2.92. The minimum absolute atomic E-state index is 0.0292. The smallest absolute Gasteiger partial charge is 0.149 e. The Hall–Kier alpha value is -1.62. The molecule has 0 amide bonds. The largest absolute Gasteiger partial charge is 0.367 e. The van der Waals surface area contributed by atoms with Gasteiger partial charge in [-0.05, 0) is 37.6 Å². The van der Waals surface area contributed by atoms with Gasteiger partial charge in [0.25, 0.3) is 0 Å². The molecule has 1 atom stereocenters. The van der Waals surface area contributed by atoms with E-state index in [1.165, 1.54) is 17.8 Å². The number of anilines is 1. The maximum Gasteiger partial charge on any atom is 0.149 e. The highest BCUT2D eigenvalue weighted by Gasteiger charge is 2.37. The molecule has 3 nitrogen and oxygen atoms in total. The van der Waals surface area contributed by atoms with E-state index in [1.807, 2.05) is 20.0 Å². The van der Waals surface area contributed by atoms with Gasteiger partial charge in [0, 0.05) is 26.3 Å². The van der Waals surface area contributed by atoms with Crippen molar-refractivity contribution < 1.29 is 8.78 Å². The van der Waals surface area contributed by atoms with Gasteiger partial charge in [0.05, 0.1) is 6.04 Å². The van der Waals surface area contributed by atoms with Gasteiger partial charge in [0.15, 0.2) is 0 Å². The molecule has 2 rings (SSSR count). The summed E-state index contributed by atoms with van der Waals surface area (Å²) in [4.78, 5) is 3.73. The van der Waals surface area contributed by atoms with Crippen molar-refractivity contribution in [1.82, 2.24) is 4.90 Å². The van der Waals surface area contributed by atoms with Crippen molar-refractivity contribution in [1.29, 1.82) is 0 Å². The summed E-state index contributed by atoms with van der Waals surface area (Å²) in [6, 6.07) is 2.98. The highest BCUT2D eigenvalue weighted by molar-refractivity contribution is 5.51. The van der Waals surface area contributed by atoms with E-state index in [0.717, 1.165) is 0 Å². The summed E-state index contributed by atoms with van der Waals surface area (Å²) in [5, 5.41) is 0. The molecule has 1 heterocycles. The van der Waals surface area contributed by atoms with Gasteiger partial charge < -0.3 is 15.5 Å². The van der Waals surface area contributed by atoms with Gasteiger partial charge in [-0.25, -0.2) is 8.78 Å². The molecule has 0 radical (unpaired) electrons. The van der Waals surface area contributed by atoms with Gasteiger partial charge in [-0.15, -0.1) is 0 Å². The maximum absolute atomic E-state index is 14.1. The third kappa shape index (κ3) is 2.77. The Morgan fingerprint density at radius 1 is 1.35 bits per heavy atom. The van der Waals surface area contributed by atoms with Crippen molar-refractivity contribution in [3.05, 3.63) is 41.1 Å². The first kappa shape index (κ1) is 14.8. The first-order valence-corrected chi connectivity index (χ1v) is 6.77. The van der Waals surface area contributed by atoms with E-state index in [0.29, 0.717) is 25.1 Å². The lowest BCUT2D eigenvalue weighted by Gasteiger charge is -2.20. The molecule has 1 aromatic carbocycles. The molecule has 2 N–H and O–H groups in total. The number of benzene rings is 1. The summed E-state index contributed by atoms with van der Waals surface area (Å²) < 4.78 is 28.2. The van der Waals surface area contributed by atoms with Crippen LogP contribution >= 0.6 is 0 Å². The molecule has 1 saturated heterocycles. The van der Waals surface area contributed by atoms with E-state index in [9.17, 15) is 8.78 Å². The van der Waals surface area contributed by atoms with Crippen LogP contribution in [0.2, 0.25) is 0 Å². The van der Waals surface area contributed by atoms with Crippen molar-refractivity contribution in [3.8, 4) is 0 Å². The zero-order valence-electron chi connectivity index (χ0n) is 12.2. The van der Waals surface area contributed by atoms with Gasteiger partial charge in [0.1, 0.15) is 17.3 Å². The van der Waals surface area contributed by atoms with Gasteiger partial charge in [-0.1, -0.05) is 6.08 Å². The molecule has 5 heteroatoms. The highest BCUT2D eigenvalue weighted by atomic mass is 19.1. The molecular formula is C15H21F2N3. The summed E-state index contributed by atoms with van der Waals surface area (Å²) in [7, 11) is 3.69. The minimum Gasteiger partial charge on any atom is -0.367 e. The van der Waals surface area contributed by atoms with E-state index < -0.39 is 11.6 Å². The fourth-order valence-corrected chi connectivity index (χ4v) is 2.62. The van der Waals surface area contributed by atoms with E-state index in [1.54, 1.807) is 11.9 Å². The molecule has 1 fully saturated rings. The van der Waals surface area contributed by atoms with Gasteiger partial charge in [-0.2, -0.15) is 0 Å². The quantitative estimate of drug-likeness (QED) is 0.839. The van der Waals surface area contributed by atoms with Crippen LogP contribution in [0.25, 0.3) is 0 Å². The number of hydrogen-bond acceptors (Lipinski definition) is 3. The van der Waals surface area contributed by atoms with Crippen LogP contribution in [-0.2, 0) is 6.42 Å². The van der Waals surface area contributed by atoms with E-state index in [2.05, 4.69) is 4.90 Å². The van der Waals surface area contributed by atoms with Gasteiger partial charge in [0.2, 0.25) is 0 Å². The number of nitrogens with zero attached hydrogens (tertiary/aromatic N) is 2. The van der Waals surface area contributed by atoms with Crippen molar-refractivity contribution in [3.63, 3.8) is 0 Å². The first-order chi connectivity index (χ1) is 9.49. The van der Waals surface area contributed by atoms with Gasteiger partial charge in [-0.3, -0.25) is 0 Å². The molecule has 1 unspecified atom stereocenters. The molecule has 0 aliphatic carbocycles. The van der Waals surface area contributed by atoms with Crippen LogP contribution in [0.1, 0.15) is 12.5 Å². The number of allylic oxidation sites excluding steroid dienone is 1. The van der Waals surface area contributed by atoms with Crippen LogP contribution in [0.5, 0.6) is 0 Å². The minimum atomic E-state index is -0.527.